The monoisotopic (exact) mass is 374 g/mol. The zero-order valence-corrected chi connectivity index (χ0v) is 15.8. The molecule has 0 aliphatic rings. The molecule has 0 aliphatic heterocycles. The van der Waals surface area contributed by atoms with E-state index in [0.717, 1.165) is 5.56 Å². The fourth-order valence-corrected chi connectivity index (χ4v) is 2.79. The molecule has 2 rings (SSSR count). The highest BCUT2D eigenvalue weighted by molar-refractivity contribution is 6.31. The van der Waals surface area contributed by atoms with Crippen molar-refractivity contribution in [2.75, 3.05) is 25.1 Å². The fraction of sp³-hybridized carbons (Fsp3) is 0.300. The summed E-state index contributed by atoms with van der Waals surface area (Å²) in [5, 5.41) is 3.37. The summed E-state index contributed by atoms with van der Waals surface area (Å²) in [6, 6.07) is 14.9. The molecule has 0 bridgehead atoms. The first-order valence-electron chi connectivity index (χ1n) is 8.43. The number of hydrogen-bond donors (Lipinski definition) is 1. The van der Waals surface area contributed by atoms with Crippen molar-refractivity contribution in [2.45, 2.75) is 19.8 Å². The lowest BCUT2D eigenvalue weighted by molar-refractivity contribution is -0.121. The number of hydrogen-bond acceptors (Lipinski definition) is 3. The topological polar surface area (TPSA) is 58.6 Å². The van der Waals surface area contributed by atoms with Gasteiger partial charge in [-0.15, -0.1) is 0 Å². The summed E-state index contributed by atoms with van der Waals surface area (Å²) in [6.45, 7) is 2.16. The number of ether oxygens (including phenoxy) is 1. The van der Waals surface area contributed by atoms with E-state index in [0.29, 0.717) is 42.4 Å². The normalized spacial score (nSPS) is 10.3. The van der Waals surface area contributed by atoms with Crippen LogP contribution in [0.1, 0.15) is 18.9 Å². The Bertz CT molecular complexity index is 750. The van der Waals surface area contributed by atoms with Crippen molar-refractivity contribution in [1.82, 2.24) is 5.32 Å². The van der Waals surface area contributed by atoms with Gasteiger partial charge in [0.1, 0.15) is 5.75 Å². The van der Waals surface area contributed by atoms with Crippen molar-refractivity contribution in [3.8, 4) is 5.75 Å². The molecule has 0 aromatic heterocycles. The highest BCUT2D eigenvalue weighted by Crippen LogP contribution is 2.31. The van der Waals surface area contributed by atoms with Crippen LogP contribution in [0.25, 0.3) is 0 Å². The molecule has 6 heteroatoms. The summed E-state index contributed by atoms with van der Waals surface area (Å²) >= 11 is 6.04. The Morgan fingerprint density at radius 1 is 1.15 bits per heavy atom. The van der Waals surface area contributed by atoms with Crippen LogP contribution in [0.4, 0.5) is 5.69 Å². The quantitative estimate of drug-likeness (QED) is 0.769. The van der Waals surface area contributed by atoms with Crippen LogP contribution in [-0.4, -0.2) is 32.0 Å². The van der Waals surface area contributed by atoms with Gasteiger partial charge in [-0.25, -0.2) is 0 Å². The van der Waals surface area contributed by atoms with Gasteiger partial charge < -0.3 is 15.0 Å². The third-order valence-corrected chi connectivity index (χ3v) is 4.19. The van der Waals surface area contributed by atoms with Crippen LogP contribution in [0.2, 0.25) is 5.02 Å². The summed E-state index contributed by atoms with van der Waals surface area (Å²) in [4.78, 5) is 25.6. The molecule has 5 nitrogen and oxygen atoms in total. The smallest absolute Gasteiger partial charge is 0.224 e. The Morgan fingerprint density at radius 2 is 1.88 bits per heavy atom. The SMILES string of the molecule is COc1ccc(Cl)cc1N(CCNC(=O)CCc1ccccc1)C(C)=O. The molecule has 2 aromatic rings. The minimum atomic E-state index is -0.149. The maximum atomic E-state index is 12.0. The molecular formula is C20H23ClN2O3. The highest BCUT2D eigenvalue weighted by Gasteiger charge is 2.17. The number of aryl methyl sites for hydroxylation is 1. The molecule has 138 valence electrons. The second-order valence-corrected chi connectivity index (χ2v) is 6.26. The van der Waals surface area contributed by atoms with E-state index in [1.807, 2.05) is 30.3 Å². The summed E-state index contributed by atoms with van der Waals surface area (Å²) in [5.41, 5.74) is 1.71. The molecule has 0 fully saturated rings. The lowest BCUT2D eigenvalue weighted by Crippen LogP contribution is -2.37. The predicted octanol–water partition coefficient (Wildman–Crippen LogP) is 3.45. The Morgan fingerprint density at radius 3 is 2.54 bits per heavy atom. The van der Waals surface area contributed by atoms with E-state index < -0.39 is 0 Å². The minimum Gasteiger partial charge on any atom is -0.495 e. The van der Waals surface area contributed by atoms with Gasteiger partial charge >= 0.3 is 0 Å². The van der Waals surface area contributed by atoms with Crippen LogP contribution in [-0.2, 0) is 16.0 Å². The number of halogens is 1. The van der Waals surface area contributed by atoms with Gasteiger partial charge in [0, 0.05) is 31.5 Å². The van der Waals surface area contributed by atoms with Gasteiger partial charge in [-0.1, -0.05) is 41.9 Å². The molecule has 0 heterocycles. The van der Waals surface area contributed by atoms with E-state index in [4.69, 9.17) is 16.3 Å². The molecule has 0 unspecified atom stereocenters. The molecular weight excluding hydrogens is 352 g/mol. The van der Waals surface area contributed by atoms with Crippen molar-refractivity contribution in [3.63, 3.8) is 0 Å². The van der Waals surface area contributed by atoms with Gasteiger partial charge in [0.05, 0.1) is 12.8 Å². The summed E-state index contributed by atoms with van der Waals surface area (Å²) < 4.78 is 5.31. The van der Waals surface area contributed by atoms with Gasteiger partial charge in [-0.05, 0) is 30.2 Å². The van der Waals surface area contributed by atoms with Crippen LogP contribution in [0.5, 0.6) is 5.75 Å². The number of nitrogens with one attached hydrogen (secondary N) is 1. The number of anilines is 1. The van der Waals surface area contributed by atoms with E-state index in [2.05, 4.69) is 5.32 Å². The Balaban J connectivity index is 1.90. The second kappa shape index (κ2) is 9.82. The standard InChI is InChI=1S/C20H23ClN2O3/c1-15(24)23(18-14-17(21)9-10-19(18)26-2)13-12-22-20(25)11-8-16-6-4-3-5-7-16/h3-7,9-10,14H,8,11-13H2,1-2H3,(H,22,25). The molecule has 0 aliphatic carbocycles. The number of carbonyl (C=O) groups is 2. The fourth-order valence-electron chi connectivity index (χ4n) is 2.62. The first-order valence-corrected chi connectivity index (χ1v) is 8.81. The van der Waals surface area contributed by atoms with Crippen molar-refractivity contribution in [2.24, 2.45) is 0 Å². The molecule has 0 radical (unpaired) electrons. The highest BCUT2D eigenvalue weighted by atomic mass is 35.5. The molecule has 0 spiro atoms. The van der Waals surface area contributed by atoms with E-state index in [1.54, 1.807) is 23.1 Å². The molecule has 1 N–H and O–H groups in total. The minimum absolute atomic E-state index is 0.0459. The molecule has 26 heavy (non-hydrogen) atoms. The Kier molecular flexibility index (Phi) is 7.48. The molecule has 2 aromatic carbocycles. The first kappa shape index (κ1) is 19.8. The number of amides is 2. The number of methoxy groups -OCH3 is 1. The molecule has 0 atom stereocenters. The van der Waals surface area contributed by atoms with Gasteiger partial charge in [0.25, 0.3) is 0 Å². The van der Waals surface area contributed by atoms with E-state index in [-0.39, 0.29) is 11.8 Å². The average molecular weight is 375 g/mol. The lowest BCUT2D eigenvalue weighted by Gasteiger charge is -2.23. The molecule has 2 amide bonds. The third-order valence-electron chi connectivity index (χ3n) is 3.95. The van der Waals surface area contributed by atoms with E-state index >= 15 is 0 Å². The van der Waals surface area contributed by atoms with Crippen LogP contribution < -0.4 is 15.0 Å². The predicted molar refractivity (Wildman–Crippen MR) is 104 cm³/mol. The van der Waals surface area contributed by atoms with E-state index in [1.165, 1.54) is 14.0 Å². The van der Waals surface area contributed by atoms with Crippen LogP contribution in [0.15, 0.2) is 48.5 Å². The Labute approximate surface area is 158 Å². The number of carbonyl (C=O) groups excluding carboxylic acids is 2. The zero-order chi connectivity index (χ0) is 18.9. The number of benzene rings is 2. The van der Waals surface area contributed by atoms with Crippen molar-refractivity contribution < 1.29 is 14.3 Å². The number of nitrogens with zero attached hydrogens (tertiary/aromatic N) is 1. The van der Waals surface area contributed by atoms with Crippen LogP contribution in [0.3, 0.4) is 0 Å². The summed E-state index contributed by atoms with van der Waals surface area (Å²) in [6.07, 6.45) is 1.09. The van der Waals surface area contributed by atoms with Crippen LogP contribution >= 0.6 is 11.6 Å². The van der Waals surface area contributed by atoms with Crippen molar-refractivity contribution in [1.29, 1.82) is 0 Å². The largest absolute Gasteiger partial charge is 0.495 e. The second-order valence-electron chi connectivity index (χ2n) is 5.82. The van der Waals surface area contributed by atoms with Gasteiger partial charge in [-0.3, -0.25) is 9.59 Å². The average Bonchev–Trinajstić information content (AvgIpc) is 2.64. The van der Waals surface area contributed by atoms with Gasteiger partial charge in [0.15, 0.2) is 0 Å². The molecule has 0 saturated carbocycles. The maximum Gasteiger partial charge on any atom is 0.224 e. The van der Waals surface area contributed by atoms with Crippen molar-refractivity contribution in [3.05, 3.63) is 59.1 Å². The Hall–Kier alpha value is -2.53. The van der Waals surface area contributed by atoms with Gasteiger partial charge in [-0.2, -0.15) is 0 Å². The number of rotatable bonds is 8. The van der Waals surface area contributed by atoms with E-state index in [9.17, 15) is 9.59 Å². The first-order chi connectivity index (χ1) is 12.5. The van der Waals surface area contributed by atoms with Crippen molar-refractivity contribution >= 4 is 29.1 Å². The zero-order valence-electron chi connectivity index (χ0n) is 15.0. The maximum absolute atomic E-state index is 12.0. The van der Waals surface area contributed by atoms with Gasteiger partial charge in [0.2, 0.25) is 11.8 Å². The third kappa shape index (κ3) is 5.77. The van der Waals surface area contributed by atoms with Crippen LogP contribution in [0, 0.1) is 0 Å². The summed E-state index contributed by atoms with van der Waals surface area (Å²) in [7, 11) is 1.54. The summed E-state index contributed by atoms with van der Waals surface area (Å²) in [5.74, 6) is 0.361. The lowest BCUT2D eigenvalue weighted by atomic mass is 10.1. The molecule has 0 saturated heterocycles.